The van der Waals surface area contributed by atoms with Crippen LogP contribution >= 0.6 is 0 Å². The molecule has 1 aliphatic heterocycles. The number of para-hydroxylation sites is 1. The first-order chi connectivity index (χ1) is 22.7. The van der Waals surface area contributed by atoms with E-state index in [1.54, 1.807) is 13.0 Å². The SMILES string of the molecule is Cc1cc(C)c(N=C(c2ccc(C(F)(F)F)cc2C)N2CCCN(C(=Nc3c(C(C)C)cccc3C(C)C)c3ccccc3)C2)c(C)c1. The minimum Gasteiger partial charge on any atom is -0.338 e. The molecule has 1 heterocycles. The molecule has 4 aromatic rings. The first-order valence-electron chi connectivity index (χ1n) is 16.9. The number of nitrogens with zero attached hydrogens (tertiary/aromatic N) is 4. The summed E-state index contributed by atoms with van der Waals surface area (Å²) >= 11 is 0. The number of benzene rings is 4. The van der Waals surface area contributed by atoms with Gasteiger partial charge >= 0.3 is 6.18 Å². The predicted octanol–water partition coefficient (Wildman–Crippen LogP) is 11.0. The van der Waals surface area contributed by atoms with E-state index in [1.165, 1.54) is 23.3 Å². The molecule has 1 saturated heterocycles. The van der Waals surface area contributed by atoms with Crippen LogP contribution in [-0.4, -0.2) is 41.2 Å². The smallest absolute Gasteiger partial charge is 0.338 e. The summed E-state index contributed by atoms with van der Waals surface area (Å²) in [5.74, 6) is 2.12. The molecule has 252 valence electrons. The van der Waals surface area contributed by atoms with E-state index in [0.29, 0.717) is 42.0 Å². The number of hydrogen-bond donors (Lipinski definition) is 0. The maximum atomic E-state index is 13.7. The average molecular weight is 653 g/mol. The first-order valence-corrected chi connectivity index (χ1v) is 16.9. The van der Waals surface area contributed by atoms with Crippen molar-refractivity contribution in [3.63, 3.8) is 0 Å². The first kappa shape index (κ1) is 34.9. The van der Waals surface area contributed by atoms with Gasteiger partial charge in [-0.3, -0.25) is 0 Å². The summed E-state index contributed by atoms with van der Waals surface area (Å²) < 4.78 is 41.2. The van der Waals surface area contributed by atoms with Crippen molar-refractivity contribution in [2.24, 2.45) is 9.98 Å². The monoisotopic (exact) mass is 652 g/mol. The summed E-state index contributed by atoms with van der Waals surface area (Å²) in [6.07, 6.45) is -3.59. The van der Waals surface area contributed by atoms with Gasteiger partial charge in [-0.15, -0.1) is 0 Å². The number of aliphatic imine (C=N–C) groups is 2. The van der Waals surface area contributed by atoms with Gasteiger partial charge in [-0.1, -0.05) is 100.0 Å². The van der Waals surface area contributed by atoms with Gasteiger partial charge in [-0.05, 0) is 85.9 Å². The molecule has 0 atom stereocenters. The summed E-state index contributed by atoms with van der Waals surface area (Å²) in [7, 11) is 0. The van der Waals surface area contributed by atoms with E-state index in [4.69, 9.17) is 9.98 Å². The molecule has 5 rings (SSSR count). The third-order valence-corrected chi connectivity index (χ3v) is 9.04. The van der Waals surface area contributed by atoms with Crippen molar-refractivity contribution in [1.29, 1.82) is 0 Å². The minimum absolute atomic E-state index is 0.291. The lowest BCUT2D eigenvalue weighted by atomic mass is 9.93. The van der Waals surface area contributed by atoms with Crippen LogP contribution in [0.25, 0.3) is 0 Å². The highest BCUT2D eigenvalue weighted by molar-refractivity contribution is 6.03. The van der Waals surface area contributed by atoms with E-state index in [1.807, 2.05) is 32.0 Å². The molecule has 0 amide bonds. The van der Waals surface area contributed by atoms with E-state index in [2.05, 4.69) is 86.9 Å². The summed E-state index contributed by atoms with van der Waals surface area (Å²) in [6, 6.07) is 24.9. The van der Waals surface area contributed by atoms with Gasteiger partial charge in [-0.2, -0.15) is 13.2 Å². The number of halogens is 3. The van der Waals surface area contributed by atoms with Crippen molar-refractivity contribution in [2.75, 3.05) is 19.8 Å². The molecule has 0 radical (unpaired) electrons. The summed E-state index contributed by atoms with van der Waals surface area (Å²) in [5.41, 5.74) is 9.05. The van der Waals surface area contributed by atoms with Crippen molar-refractivity contribution in [3.05, 3.63) is 129 Å². The Morgan fingerprint density at radius 2 is 1.21 bits per heavy atom. The fraction of sp³-hybridized carbons (Fsp3) is 0.366. The largest absolute Gasteiger partial charge is 0.416 e. The highest BCUT2D eigenvalue weighted by atomic mass is 19.4. The Hall–Kier alpha value is -4.39. The second-order valence-electron chi connectivity index (χ2n) is 13.6. The van der Waals surface area contributed by atoms with Gasteiger partial charge in [0.25, 0.3) is 0 Å². The van der Waals surface area contributed by atoms with E-state index >= 15 is 0 Å². The number of rotatable bonds is 6. The molecule has 1 fully saturated rings. The number of amidine groups is 2. The van der Waals surface area contributed by atoms with Crippen LogP contribution in [0.2, 0.25) is 0 Å². The highest BCUT2D eigenvalue weighted by Gasteiger charge is 2.32. The maximum Gasteiger partial charge on any atom is 0.416 e. The van der Waals surface area contributed by atoms with Crippen molar-refractivity contribution in [1.82, 2.24) is 9.80 Å². The molecule has 0 aliphatic carbocycles. The van der Waals surface area contributed by atoms with Crippen LogP contribution in [-0.2, 0) is 6.18 Å². The quantitative estimate of drug-likeness (QED) is 0.153. The van der Waals surface area contributed by atoms with Crippen LogP contribution in [0.5, 0.6) is 0 Å². The van der Waals surface area contributed by atoms with Crippen molar-refractivity contribution >= 4 is 23.0 Å². The Morgan fingerprint density at radius 1 is 0.646 bits per heavy atom. The molecule has 0 unspecified atom stereocenters. The molecule has 1 aliphatic rings. The van der Waals surface area contributed by atoms with Gasteiger partial charge in [0.15, 0.2) is 0 Å². The van der Waals surface area contributed by atoms with E-state index in [-0.39, 0.29) is 0 Å². The second-order valence-corrected chi connectivity index (χ2v) is 13.6. The van der Waals surface area contributed by atoms with Gasteiger partial charge in [0.1, 0.15) is 11.7 Å². The Bertz CT molecular complexity index is 1770. The van der Waals surface area contributed by atoms with Crippen LogP contribution in [0, 0.1) is 27.7 Å². The summed E-state index contributed by atoms with van der Waals surface area (Å²) in [6.45, 7) is 18.7. The molecule has 4 nitrogen and oxygen atoms in total. The Morgan fingerprint density at radius 3 is 1.75 bits per heavy atom. The molecule has 0 spiro atoms. The zero-order chi connectivity index (χ0) is 34.7. The molecule has 48 heavy (non-hydrogen) atoms. The number of aryl methyl sites for hydroxylation is 4. The number of alkyl halides is 3. The lowest BCUT2D eigenvalue weighted by Crippen LogP contribution is -2.50. The standard InChI is InChI=1S/C41H47F3N4/c1-26(2)34-16-12-17-35(27(3)4)38(34)46-39(32-14-10-9-11-15-32)47-20-13-21-48(25-47)40(45-37-30(7)22-28(5)23-31(37)8)36-19-18-33(24-29(36)6)41(42,43)44/h9-12,14-19,22-24,26-27H,13,20-21,25H2,1-8H3. The van der Waals surface area contributed by atoms with Crippen LogP contribution in [0.4, 0.5) is 24.5 Å². The molecule has 0 saturated carbocycles. The second kappa shape index (κ2) is 14.4. The molecular formula is C41H47F3N4. The minimum atomic E-state index is -4.42. The van der Waals surface area contributed by atoms with Crippen molar-refractivity contribution in [2.45, 2.75) is 79.8 Å². The Balaban J connectivity index is 1.67. The fourth-order valence-electron chi connectivity index (χ4n) is 6.64. The van der Waals surface area contributed by atoms with Crippen LogP contribution in [0.3, 0.4) is 0 Å². The van der Waals surface area contributed by atoms with Crippen LogP contribution in [0.15, 0.2) is 88.8 Å². The Kier molecular flexibility index (Phi) is 10.5. The average Bonchev–Trinajstić information content (AvgIpc) is 3.03. The van der Waals surface area contributed by atoms with E-state index < -0.39 is 11.7 Å². The predicted molar refractivity (Wildman–Crippen MR) is 193 cm³/mol. The lowest BCUT2D eigenvalue weighted by molar-refractivity contribution is -0.137. The molecule has 0 bridgehead atoms. The van der Waals surface area contributed by atoms with Gasteiger partial charge in [0.2, 0.25) is 0 Å². The topological polar surface area (TPSA) is 31.2 Å². The van der Waals surface area contributed by atoms with Crippen LogP contribution < -0.4 is 0 Å². The maximum absolute atomic E-state index is 13.7. The third-order valence-electron chi connectivity index (χ3n) is 9.04. The zero-order valence-electron chi connectivity index (χ0n) is 29.4. The third kappa shape index (κ3) is 7.67. The summed E-state index contributed by atoms with van der Waals surface area (Å²) in [4.78, 5) is 15.3. The lowest BCUT2D eigenvalue weighted by Gasteiger charge is -2.40. The zero-order valence-corrected chi connectivity index (χ0v) is 29.4. The van der Waals surface area contributed by atoms with Crippen molar-refractivity contribution < 1.29 is 13.2 Å². The van der Waals surface area contributed by atoms with Crippen LogP contribution in [0.1, 0.15) is 96.0 Å². The molecular weight excluding hydrogens is 605 g/mol. The molecule has 0 aromatic heterocycles. The fourth-order valence-corrected chi connectivity index (χ4v) is 6.64. The van der Waals surface area contributed by atoms with Gasteiger partial charge in [0, 0.05) is 24.2 Å². The molecule has 7 heteroatoms. The van der Waals surface area contributed by atoms with Gasteiger partial charge < -0.3 is 9.80 Å². The normalized spacial score (nSPS) is 14.8. The Labute approximate surface area is 284 Å². The van der Waals surface area contributed by atoms with E-state index in [0.717, 1.165) is 52.4 Å². The molecule has 0 N–H and O–H groups in total. The number of hydrogen-bond acceptors (Lipinski definition) is 2. The highest BCUT2D eigenvalue weighted by Crippen LogP contribution is 2.36. The van der Waals surface area contributed by atoms with Gasteiger partial charge in [0.05, 0.1) is 23.6 Å². The van der Waals surface area contributed by atoms with Crippen molar-refractivity contribution in [3.8, 4) is 0 Å². The van der Waals surface area contributed by atoms with E-state index in [9.17, 15) is 13.2 Å². The van der Waals surface area contributed by atoms with Gasteiger partial charge in [-0.25, -0.2) is 9.98 Å². The molecule has 4 aromatic carbocycles. The summed E-state index contributed by atoms with van der Waals surface area (Å²) in [5, 5.41) is 0.